The lowest BCUT2D eigenvalue weighted by Crippen LogP contribution is -2.51. The first kappa shape index (κ1) is 31.8. The third kappa shape index (κ3) is 7.09. The minimum atomic E-state index is -0.847. The molecule has 230 valence electrons. The third-order valence-corrected chi connectivity index (χ3v) is 11.8. The molecule has 40 heavy (non-hydrogen) atoms. The van der Waals surface area contributed by atoms with Gasteiger partial charge in [0.25, 0.3) is 0 Å². The molecule has 6 heteroatoms. The van der Waals surface area contributed by atoms with Crippen LogP contribution in [-0.4, -0.2) is 54.9 Å². The summed E-state index contributed by atoms with van der Waals surface area (Å²) in [5.41, 5.74) is 2.33. The zero-order chi connectivity index (χ0) is 28.9. The van der Waals surface area contributed by atoms with Gasteiger partial charge in [-0.2, -0.15) is 0 Å². The third-order valence-electron chi connectivity index (χ3n) is 11.8. The number of aliphatic hydroxyl groups excluding tert-OH is 2. The van der Waals surface area contributed by atoms with Crippen molar-refractivity contribution in [3.63, 3.8) is 0 Å². The van der Waals surface area contributed by atoms with Gasteiger partial charge in [0.15, 0.2) is 0 Å². The number of rotatable bonds is 13. The van der Waals surface area contributed by atoms with Crippen molar-refractivity contribution in [2.45, 2.75) is 124 Å². The Morgan fingerprint density at radius 3 is 2.62 bits per heavy atom. The van der Waals surface area contributed by atoms with E-state index in [4.69, 9.17) is 14.6 Å². The lowest BCUT2D eigenvalue weighted by atomic mass is 9.47. The lowest BCUT2D eigenvalue weighted by Gasteiger charge is -2.58. The maximum atomic E-state index is 12.4. The number of ether oxygens (including phenoxy) is 2. The molecular formula is C34H59NO5. The topological polar surface area (TPSA) is 88.0 Å². The molecule has 0 aliphatic heterocycles. The quantitative estimate of drug-likeness (QED) is 0.168. The van der Waals surface area contributed by atoms with E-state index < -0.39 is 6.10 Å². The van der Waals surface area contributed by atoms with Gasteiger partial charge >= 0.3 is 6.09 Å². The van der Waals surface area contributed by atoms with Gasteiger partial charge in [-0.25, -0.2) is 4.79 Å². The Kier molecular flexibility index (Phi) is 11.1. The standard InChI is InChI=1S/C34H59NO5/c1-23(2)8-6-9-24(3)29-12-13-30-28-11-10-25-20-27(14-16-33(25,4)31(28)15-17-34(29,30)5)40-32(38)35-18-7-19-39-22-26(37)21-36/h10,23-24,26-31,36-37H,6-9,11-22H2,1-5H3,(H,35,38). The number of aliphatic hydroxyl groups is 2. The van der Waals surface area contributed by atoms with E-state index >= 15 is 0 Å². The molecular weight excluding hydrogens is 502 g/mol. The van der Waals surface area contributed by atoms with Gasteiger partial charge in [0.05, 0.1) is 13.2 Å². The molecule has 0 aromatic carbocycles. The van der Waals surface area contributed by atoms with Crippen molar-refractivity contribution >= 4 is 6.09 Å². The predicted octanol–water partition coefficient (Wildman–Crippen LogP) is 6.88. The van der Waals surface area contributed by atoms with Crippen molar-refractivity contribution in [1.82, 2.24) is 5.32 Å². The maximum Gasteiger partial charge on any atom is 0.407 e. The molecule has 0 bridgehead atoms. The Bertz CT molecular complexity index is 859. The molecule has 4 aliphatic rings. The molecule has 4 rings (SSSR count). The summed E-state index contributed by atoms with van der Waals surface area (Å²) in [6.07, 6.45) is 15.9. The molecule has 0 heterocycles. The average Bonchev–Trinajstić information content (AvgIpc) is 3.27. The molecule has 9 unspecified atom stereocenters. The van der Waals surface area contributed by atoms with E-state index in [1.54, 1.807) is 5.57 Å². The molecule has 0 radical (unpaired) electrons. The number of nitrogens with one attached hydrogen (secondary N) is 1. The SMILES string of the molecule is CC(C)CCCC(C)C1CCC2C3CC=C4CC(OC(=O)NCCCOCC(O)CO)CCC4(C)C3CCC12C. The van der Waals surface area contributed by atoms with Crippen molar-refractivity contribution < 1.29 is 24.5 Å². The van der Waals surface area contributed by atoms with Crippen LogP contribution in [0.2, 0.25) is 0 Å². The van der Waals surface area contributed by atoms with Crippen LogP contribution in [0.5, 0.6) is 0 Å². The fraction of sp³-hybridized carbons (Fsp3) is 0.912. The lowest BCUT2D eigenvalue weighted by molar-refractivity contribution is -0.0581. The van der Waals surface area contributed by atoms with E-state index in [-0.39, 0.29) is 30.8 Å². The minimum Gasteiger partial charge on any atom is -0.446 e. The Labute approximate surface area is 244 Å². The highest BCUT2D eigenvalue weighted by molar-refractivity contribution is 5.67. The average molecular weight is 562 g/mol. The van der Waals surface area contributed by atoms with Crippen molar-refractivity contribution in [3.05, 3.63) is 11.6 Å². The molecule has 0 spiro atoms. The van der Waals surface area contributed by atoms with E-state index in [1.165, 1.54) is 51.4 Å². The van der Waals surface area contributed by atoms with Crippen molar-refractivity contribution in [1.29, 1.82) is 0 Å². The molecule has 9 atom stereocenters. The van der Waals surface area contributed by atoms with Gasteiger partial charge < -0.3 is 25.0 Å². The summed E-state index contributed by atoms with van der Waals surface area (Å²) in [7, 11) is 0. The van der Waals surface area contributed by atoms with Crippen molar-refractivity contribution in [2.24, 2.45) is 46.3 Å². The molecule has 3 fully saturated rings. The zero-order valence-corrected chi connectivity index (χ0v) is 26.1. The first-order valence-corrected chi connectivity index (χ1v) is 16.6. The largest absolute Gasteiger partial charge is 0.446 e. The monoisotopic (exact) mass is 561 g/mol. The Balaban J connectivity index is 1.27. The van der Waals surface area contributed by atoms with E-state index in [2.05, 4.69) is 46.0 Å². The van der Waals surface area contributed by atoms with Gasteiger partial charge in [0, 0.05) is 19.6 Å². The van der Waals surface area contributed by atoms with E-state index in [0.717, 1.165) is 54.8 Å². The number of allylic oxidation sites excluding steroid dienone is 1. The van der Waals surface area contributed by atoms with Gasteiger partial charge in [0.1, 0.15) is 12.2 Å². The number of fused-ring (bicyclic) bond motifs is 5. The number of amides is 1. The predicted molar refractivity (Wildman–Crippen MR) is 160 cm³/mol. The molecule has 3 saturated carbocycles. The summed E-state index contributed by atoms with van der Waals surface area (Å²) < 4.78 is 11.1. The Morgan fingerprint density at radius 1 is 1.07 bits per heavy atom. The van der Waals surface area contributed by atoms with Crippen LogP contribution in [-0.2, 0) is 9.47 Å². The molecule has 4 aliphatic carbocycles. The number of carbonyl (C=O) groups is 1. The molecule has 6 nitrogen and oxygen atoms in total. The second-order valence-electron chi connectivity index (χ2n) is 14.8. The van der Waals surface area contributed by atoms with E-state index in [9.17, 15) is 9.90 Å². The first-order chi connectivity index (χ1) is 19.1. The summed E-state index contributed by atoms with van der Waals surface area (Å²) in [6.45, 7) is 13.2. The first-order valence-electron chi connectivity index (χ1n) is 16.6. The molecule has 1 amide bonds. The minimum absolute atomic E-state index is 0.0387. The van der Waals surface area contributed by atoms with Gasteiger partial charge in [-0.15, -0.1) is 0 Å². The number of hydrogen-bond acceptors (Lipinski definition) is 5. The van der Waals surface area contributed by atoms with Crippen LogP contribution in [0.1, 0.15) is 112 Å². The summed E-state index contributed by atoms with van der Waals surface area (Å²) in [6, 6.07) is 0. The number of hydrogen-bond donors (Lipinski definition) is 3. The van der Waals surface area contributed by atoms with Gasteiger partial charge in [-0.1, -0.05) is 65.5 Å². The van der Waals surface area contributed by atoms with Crippen LogP contribution in [0.4, 0.5) is 4.79 Å². The van der Waals surface area contributed by atoms with Crippen LogP contribution >= 0.6 is 0 Å². The summed E-state index contributed by atoms with van der Waals surface area (Å²) in [5.74, 6) is 5.03. The Morgan fingerprint density at radius 2 is 1.88 bits per heavy atom. The van der Waals surface area contributed by atoms with E-state index in [0.29, 0.717) is 25.0 Å². The van der Waals surface area contributed by atoms with Crippen LogP contribution in [0.25, 0.3) is 0 Å². The molecule has 3 N–H and O–H groups in total. The fourth-order valence-corrected chi connectivity index (χ4v) is 9.58. The van der Waals surface area contributed by atoms with Gasteiger partial charge in [-0.3, -0.25) is 0 Å². The second kappa shape index (κ2) is 13.9. The molecule has 0 saturated heterocycles. The van der Waals surface area contributed by atoms with E-state index in [1.807, 2.05) is 0 Å². The number of carbonyl (C=O) groups excluding carboxylic acids is 1. The van der Waals surface area contributed by atoms with Crippen LogP contribution in [0.3, 0.4) is 0 Å². The maximum absolute atomic E-state index is 12.4. The van der Waals surface area contributed by atoms with Crippen molar-refractivity contribution in [2.75, 3.05) is 26.4 Å². The molecule has 0 aromatic heterocycles. The summed E-state index contributed by atoms with van der Waals surface area (Å²) in [5, 5.41) is 21.0. The van der Waals surface area contributed by atoms with Crippen molar-refractivity contribution in [3.8, 4) is 0 Å². The van der Waals surface area contributed by atoms with Crippen LogP contribution in [0.15, 0.2) is 11.6 Å². The Hall–Kier alpha value is -1.11. The normalized spacial score (nSPS) is 36.7. The van der Waals surface area contributed by atoms with Crippen LogP contribution < -0.4 is 5.32 Å². The number of alkyl carbamates (subject to hydrolysis) is 1. The highest BCUT2D eigenvalue weighted by atomic mass is 16.6. The second-order valence-corrected chi connectivity index (χ2v) is 14.8. The van der Waals surface area contributed by atoms with Gasteiger partial charge in [-0.05, 0) is 97.7 Å². The highest BCUT2D eigenvalue weighted by Gasteiger charge is 2.59. The molecule has 0 aromatic rings. The summed E-state index contributed by atoms with van der Waals surface area (Å²) in [4.78, 5) is 12.4. The highest BCUT2D eigenvalue weighted by Crippen LogP contribution is 2.67. The zero-order valence-electron chi connectivity index (χ0n) is 26.1. The summed E-state index contributed by atoms with van der Waals surface area (Å²) >= 11 is 0. The fourth-order valence-electron chi connectivity index (χ4n) is 9.58. The van der Waals surface area contributed by atoms with Crippen LogP contribution in [0, 0.1) is 46.3 Å². The smallest absolute Gasteiger partial charge is 0.407 e. The van der Waals surface area contributed by atoms with Gasteiger partial charge in [0.2, 0.25) is 0 Å².